The van der Waals surface area contributed by atoms with Crippen molar-refractivity contribution in [3.05, 3.63) is 90.5 Å². The molecule has 0 saturated heterocycles. The van der Waals surface area contributed by atoms with Gasteiger partial charge in [0.2, 0.25) is 0 Å². The summed E-state index contributed by atoms with van der Waals surface area (Å²) in [6, 6.07) is 19.2. The number of anilines is 4. The molecule has 1 amide bonds. The number of hydrogen-bond acceptors (Lipinski definition) is 6. The standard InChI is InChI=1S/C27H28N6O/c1-4-33(5-2)22-12-10-21(11-13-22)31-27(34)20-9-8-19(3)25(17-20)32-26-23(7-6-15-29-26)24-14-16-28-18-30-24/h6-18H,4-5H2,1-3H3,(H,29,32)(H,31,34). The molecule has 0 unspecified atom stereocenters. The number of nitrogens with one attached hydrogen (secondary N) is 2. The number of benzene rings is 2. The lowest BCUT2D eigenvalue weighted by molar-refractivity contribution is 0.102. The Kier molecular flexibility index (Phi) is 7.13. The number of aryl methyl sites for hydroxylation is 1. The average molecular weight is 453 g/mol. The lowest BCUT2D eigenvalue weighted by Crippen LogP contribution is -2.21. The summed E-state index contributed by atoms with van der Waals surface area (Å²) < 4.78 is 0. The smallest absolute Gasteiger partial charge is 0.255 e. The number of amides is 1. The van der Waals surface area contributed by atoms with E-state index in [1.807, 2.05) is 67.6 Å². The molecule has 0 aliphatic heterocycles. The van der Waals surface area contributed by atoms with E-state index < -0.39 is 0 Å². The molecule has 2 N–H and O–H groups in total. The van der Waals surface area contributed by atoms with Crippen LogP contribution in [-0.4, -0.2) is 33.9 Å². The summed E-state index contributed by atoms with van der Waals surface area (Å²) >= 11 is 0. The number of aromatic nitrogens is 3. The Morgan fingerprint density at radius 1 is 0.941 bits per heavy atom. The SMILES string of the molecule is CCN(CC)c1ccc(NC(=O)c2ccc(C)c(Nc3ncccc3-c3ccncn3)c2)cc1. The number of carbonyl (C=O) groups excluding carboxylic acids is 1. The highest BCUT2D eigenvalue weighted by atomic mass is 16.1. The van der Waals surface area contributed by atoms with Crippen LogP contribution < -0.4 is 15.5 Å². The molecular weight excluding hydrogens is 424 g/mol. The first kappa shape index (κ1) is 22.9. The first-order valence-corrected chi connectivity index (χ1v) is 11.3. The van der Waals surface area contributed by atoms with Gasteiger partial charge in [-0.05, 0) is 80.9 Å². The Morgan fingerprint density at radius 2 is 1.74 bits per heavy atom. The van der Waals surface area contributed by atoms with Gasteiger partial charge in [0.1, 0.15) is 12.1 Å². The molecule has 0 fully saturated rings. The zero-order chi connectivity index (χ0) is 23.9. The van der Waals surface area contributed by atoms with Crippen molar-refractivity contribution < 1.29 is 4.79 Å². The van der Waals surface area contributed by atoms with Gasteiger partial charge in [0, 0.05) is 53.7 Å². The molecule has 0 bridgehead atoms. The second-order valence-corrected chi connectivity index (χ2v) is 7.82. The van der Waals surface area contributed by atoms with Crippen molar-refractivity contribution in [1.82, 2.24) is 15.0 Å². The van der Waals surface area contributed by atoms with Crippen molar-refractivity contribution >= 4 is 28.8 Å². The Morgan fingerprint density at radius 3 is 2.44 bits per heavy atom. The number of pyridine rings is 1. The van der Waals surface area contributed by atoms with Crippen LogP contribution in [0.15, 0.2) is 79.4 Å². The van der Waals surface area contributed by atoms with E-state index in [-0.39, 0.29) is 5.91 Å². The fraction of sp³-hybridized carbons (Fsp3) is 0.185. The molecule has 0 aliphatic carbocycles. The van der Waals surface area contributed by atoms with Gasteiger partial charge in [-0.15, -0.1) is 0 Å². The van der Waals surface area contributed by atoms with E-state index in [1.54, 1.807) is 12.4 Å². The second-order valence-electron chi connectivity index (χ2n) is 7.82. The van der Waals surface area contributed by atoms with Crippen LogP contribution in [0.4, 0.5) is 22.9 Å². The third kappa shape index (κ3) is 5.20. The Bertz CT molecular complexity index is 1250. The van der Waals surface area contributed by atoms with Crippen LogP contribution in [0.25, 0.3) is 11.3 Å². The molecule has 0 atom stereocenters. The molecule has 172 valence electrons. The number of rotatable bonds is 8. The van der Waals surface area contributed by atoms with Crippen LogP contribution in [0.1, 0.15) is 29.8 Å². The van der Waals surface area contributed by atoms with E-state index in [0.29, 0.717) is 11.4 Å². The van der Waals surface area contributed by atoms with Crippen LogP contribution in [0, 0.1) is 6.92 Å². The lowest BCUT2D eigenvalue weighted by atomic mass is 10.1. The van der Waals surface area contributed by atoms with Crippen molar-refractivity contribution in [3.8, 4) is 11.3 Å². The van der Waals surface area contributed by atoms with Crippen molar-refractivity contribution in [2.24, 2.45) is 0 Å². The predicted molar refractivity (Wildman–Crippen MR) is 138 cm³/mol. The van der Waals surface area contributed by atoms with E-state index in [0.717, 1.165) is 47.0 Å². The summed E-state index contributed by atoms with van der Waals surface area (Å²) in [7, 11) is 0. The molecule has 34 heavy (non-hydrogen) atoms. The van der Waals surface area contributed by atoms with Crippen molar-refractivity contribution in [3.63, 3.8) is 0 Å². The Balaban J connectivity index is 1.54. The highest BCUT2D eigenvalue weighted by Crippen LogP contribution is 2.29. The zero-order valence-corrected chi connectivity index (χ0v) is 19.6. The van der Waals surface area contributed by atoms with E-state index in [9.17, 15) is 4.79 Å². The third-order valence-corrected chi connectivity index (χ3v) is 5.67. The molecule has 2 aromatic heterocycles. The largest absolute Gasteiger partial charge is 0.372 e. The number of carbonyl (C=O) groups is 1. The summed E-state index contributed by atoms with van der Waals surface area (Å²) in [5, 5.41) is 6.36. The van der Waals surface area contributed by atoms with Crippen LogP contribution in [0.3, 0.4) is 0 Å². The lowest BCUT2D eigenvalue weighted by Gasteiger charge is -2.21. The molecule has 0 saturated carbocycles. The van der Waals surface area contributed by atoms with Gasteiger partial charge >= 0.3 is 0 Å². The summed E-state index contributed by atoms with van der Waals surface area (Å²) in [6.07, 6.45) is 4.93. The molecule has 2 heterocycles. The third-order valence-electron chi connectivity index (χ3n) is 5.67. The van der Waals surface area contributed by atoms with Gasteiger partial charge in [0.15, 0.2) is 0 Å². The maximum atomic E-state index is 13.0. The Hall–Kier alpha value is -4.26. The highest BCUT2D eigenvalue weighted by molar-refractivity contribution is 6.05. The van der Waals surface area contributed by atoms with Crippen LogP contribution in [0.5, 0.6) is 0 Å². The summed E-state index contributed by atoms with van der Waals surface area (Å²) in [5.74, 6) is 0.490. The van der Waals surface area contributed by atoms with E-state index in [4.69, 9.17) is 0 Å². The summed E-state index contributed by atoms with van der Waals surface area (Å²) in [5.41, 5.74) is 5.88. The van der Waals surface area contributed by atoms with Gasteiger partial charge in [-0.2, -0.15) is 0 Å². The maximum Gasteiger partial charge on any atom is 0.255 e. The van der Waals surface area contributed by atoms with E-state index in [1.165, 1.54) is 6.33 Å². The van der Waals surface area contributed by atoms with Crippen molar-refractivity contribution in [1.29, 1.82) is 0 Å². The molecule has 0 radical (unpaired) electrons. The van der Waals surface area contributed by atoms with Crippen LogP contribution >= 0.6 is 0 Å². The highest BCUT2D eigenvalue weighted by Gasteiger charge is 2.12. The summed E-state index contributed by atoms with van der Waals surface area (Å²) in [4.78, 5) is 28.0. The fourth-order valence-corrected chi connectivity index (χ4v) is 3.73. The average Bonchev–Trinajstić information content (AvgIpc) is 2.88. The van der Waals surface area contributed by atoms with Gasteiger partial charge < -0.3 is 15.5 Å². The molecule has 0 spiro atoms. The minimum absolute atomic E-state index is 0.171. The second kappa shape index (κ2) is 10.6. The molecule has 0 aliphatic rings. The molecule has 4 rings (SSSR count). The topological polar surface area (TPSA) is 83.0 Å². The van der Waals surface area contributed by atoms with Gasteiger partial charge in [0.05, 0.1) is 5.69 Å². The molecule has 7 heteroatoms. The van der Waals surface area contributed by atoms with E-state index in [2.05, 4.69) is 44.3 Å². The first-order valence-electron chi connectivity index (χ1n) is 11.3. The van der Waals surface area contributed by atoms with E-state index >= 15 is 0 Å². The molecule has 7 nitrogen and oxygen atoms in total. The maximum absolute atomic E-state index is 13.0. The number of nitrogens with zero attached hydrogens (tertiary/aromatic N) is 4. The molecule has 2 aromatic carbocycles. The van der Waals surface area contributed by atoms with Gasteiger partial charge in [0.25, 0.3) is 5.91 Å². The summed E-state index contributed by atoms with van der Waals surface area (Å²) in [6.45, 7) is 8.13. The fourth-order valence-electron chi connectivity index (χ4n) is 3.73. The van der Waals surface area contributed by atoms with Gasteiger partial charge in [-0.3, -0.25) is 4.79 Å². The molecule has 4 aromatic rings. The number of hydrogen-bond donors (Lipinski definition) is 2. The minimum atomic E-state index is -0.171. The van der Waals surface area contributed by atoms with Gasteiger partial charge in [-0.1, -0.05) is 6.07 Å². The molecular formula is C27H28N6O. The zero-order valence-electron chi connectivity index (χ0n) is 19.6. The predicted octanol–water partition coefficient (Wildman–Crippen LogP) is 5.69. The Labute approximate surface area is 199 Å². The normalized spacial score (nSPS) is 10.6. The first-order chi connectivity index (χ1) is 16.6. The van der Waals surface area contributed by atoms with Crippen LogP contribution in [-0.2, 0) is 0 Å². The quantitative estimate of drug-likeness (QED) is 0.357. The van der Waals surface area contributed by atoms with Crippen LogP contribution in [0.2, 0.25) is 0 Å². The minimum Gasteiger partial charge on any atom is -0.372 e. The monoisotopic (exact) mass is 452 g/mol. The van der Waals surface area contributed by atoms with Crippen molar-refractivity contribution in [2.75, 3.05) is 28.6 Å². The van der Waals surface area contributed by atoms with Crippen molar-refractivity contribution in [2.45, 2.75) is 20.8 Å². The van der Waals surface area contributed by atoms with Gasteiger partial charge in [-0.25, -0.2) is 15.0 Å².